The maximum Gasteiger partial charge on any atom is 0.410 e. The van der Waals surface area contributed by atoms with E-state index in [0.717, 1.165) is 17.7 Å². The van der Waals surface area contributed by atoms with Gasteiger partial charge in [0.1, 0.15) is 5.60 Å². The monoisotopic (exact) mass is 492 g/mol. The first-order chi connectivity index (χ1) is 15.5. The van der Waals surface area contributed by atoms with Crippen LogP contribution in [0.4, 0.5) is 14.9 Å². The van der Waals surface area contributed by atoms with Crippen molar-refractivity contribution in [3.8, 4) is 0 Å². The van der Waals surface area contributed by atoms with Crippen LogP contribution < -0.4 is 5.32 Å². The Morgan fingerprint density at radius 2 is 1.94 bits per heavy atom. The van der Waals surface area contributed by atoms with E-state index in [9.17, 15) is 14.0 Å². The normalized spacial score (nSPS) is 15.2. The van der Waals surface area contributed by atoms with Crippen LogP contribution in [-0.4, -0.2) is 45.0 Å². The van der Waals surface area contributed by atoms with Crippen LogP contribution in [0.2, 0.25) is 5.02 Å². The lowest BCUT2D eigenvalue weighted by Gasteiger charge is -2.33. The van der Waals surface area contributed by atoms with Crippen LogP contribution >= 0.6 is 22.9 Å². The van der Waals surface area contributed by atoms with Crippen LogP contribution in [0.25, 0.3) is 5.65 Å². The zero-order chi connectivity index (χ0) is 23.9. The summed E-state index contributed by atoms with van der Waals surface area (Å²) in [5.74, 6) is -0.706. The molecule has 1 fully saturated rings. The molecule has 2 amide bonds. The molecule has 0 bridgehead atoms. The van der Waals surface area contributed by atoms with E-state index in [-0.39, 0.29) is 23.6 Å². The van der Waals surface area contributed by atoms with Gasteiger partial charge in [-0.2, -0.15) is 0 Å². The van der Waals surface area contributed by atoms with Gasteiger partial charge in [-0.1, -0.05) is 11.6 Å². The molecule has 0 aliphatic carbocycles. The predicted molar refractivity (Wildman–Crippen MR) is 127 cm³/mol. The maximum atomic E-state index is 14.3. The second-order valence-electron chi connectivity index (χ2n) is 9.21. The van der Waals surface area contributed by atoms with Crippen LogP contribution in [0.5, 0.6) is 0 Å². The number of amides is 2. The number of hydrogen-bond acceptors (Lipinski definition) is 5. The van der Waals surface area contributed by atoms with Crippen LogP contribution in [0.15, 0.2) is 24.5 Å². The fourth-order valence-electron chi connectivity index (χ4n) is 3.86. The minimum atomic E-state index is -0.530. The van der Waals surface area contributed by atoms with E-state index < -0.39 is 11.4 Å². The number of fused-ring (bicyclic) bond motifs is 1. The first-order valence-electron chi connectivity index (χ1n) is 10.7. The van der Waals surface area contributed by atoms with Gasteiger partial charge in [0, 0.05) is 36.4 Å². The van der Waals surface area contributed by atoms with Crippen molar-refractivity contribution in [3.05, 3.63) is 50.8 Å². The molecule has 3 aromatic rings. The van der Waals surface area contributed by atoms with Crippen LogP contribution in [0.1, 0.15) is 59.8 Å². The number of pyridine rings is 1. The van der Waals surface area contributed by atoms with Gasteiger partial charge in [0.25, 0.3) is 5.91 Å². The molecule has 7 nitrogen and oxygen atoms in total. The van der Waals surface area contributed by atoms with Crippen molar-refractivity contribution in [2.24, 2.45) is 0 Å². The molecule has 33 heavy (non-hydrogen) atoms. The van der Waals surface area contributed by atoms with E-state index in [4.69, 9.17) is 16.3 Å². The predicted octanol–water partition coefficient (Wildman–Crippen LogP) is 5.86. The summed E-state index contributed by atoms with van der Waals surface area (Å²) in [4.78, 5) is 32.3. The molecule has 1 saturated heterocycles. The van der Waals surface area contributed by atoms with Crippen molar-refractivity contribution < 1.29 is 18.7 Å². The number of nitrogens with zero attached hydrogens (tertiary/aromatic N) is 3. The summed E-state index contributed by atoms with van der Waals surface area (Å²) in [6.45, 7) is 8.45. The number of hydrogen-bond donors (Lipinski definition) is 1. The Bertz CT molecular complexity index is 1210. The summed E-state index contributed by atoms with van der Waals surface area (Å²) in [6, 6.07) is 2.90. The summed E-state index contributed by atoms with van der Waals surface area (Å²) in [5.41, 5.74) is 0.700. The highest BCUT2D eigenvalue weighted by atomic mass is 35.5. The molecular weight excluding hydrogens is 467 g/mol. The van der Waals surface area contributed by atoms with Crippen molar-refractivity contribution in [2.75, 3.05) is 18.4 Å². The van der Waals surface area contributed by atoms with E-state index in [1.165, 1.54) is 17.4 Å². The molecule has 0 aromatic carbocycles. The number of imidazole rings is 1. The van der Waals surface area contributed by atoms with Gasteiger partial charge in [-0.05, 0) is 52.5 Å². The van der Waals surface area contributed by atoms with E-state index >= 15 is 0 Å². The van der Waals surface area contributed by atoms with Crippen molar-refractivity contribution in [1.82, 2.24) is 14.3 Å². The average molecular weight is 493 g/mol. The fourth-order valence-corrected chi connectivity index (χ4v) is 5.42. The van der Waals surface area contributed by atoms with E-state index in [0.29, 0.717) is 34.4 Å². The Balaban J connectivity index is 1.42. The number of carbonyl (C=O) groups excluding carboxylic acids is 2. The van der Waals surface area contributed by atoms with Gasteiger partial charge in [-0.25, -0.2) is 14.2 Å². The molecular formula is C23H26ClFN4O3S. The Labute approximate surface area is 200 Å². The number of aryl methyl sites for hydroxylation is 1. The third-order valence-corrected chi connectivity index (χ3v) is 7.06. The number of anilines is 1. The molecule has 1 aliphatic heterocycles. The van der Waals surface area contributed by atoms with Gasteiger partial charge >= 0.3 is 6.09 Å². The standard InChI is InChI=1S/C23H26ClFN4O3S/c1-13-11-29-12-15(9-17(25)20(29)26-13)27-21(30)18-10-16(24)19(33-18)14-5-7-28(8-6-14)22(31)32-23(2,3)4/h9-12,14H,5-8H2,1-4H3,(H,27,30). The molecule has 0 radical (unpaired) electrons. The highest BCUT2D eigenvalue weighted by molar-refractivity contribution is 7.14. The average Bonchev–Trinajstić information content (AvgIpc) is 3.29. The zero-order valence-electron chi connectivity index (χ0n) is 18.9. The summed E-state index contributed by atoms with van der Waals surface area (Å²) in [5, 5.41) is 3.28. The lowest BCUT2D eigenvalue weighted by molar-refractivity contribution is 0.0205. The number of thiophene rings is 1. The molecule has 0 unspecified atom stereocenters. The van der Waals surface area contributed by atoms with E-state index in [1.54, 1.807) is 34.7 Å². The number of ether oxygens (including phenoxy) is 1. The smallest absolute Gasteiger partial charge is 0.410 e. The quantitative estimate of drug-likeness (QED) is 0.496. The number of nitrogens with one attached hydrogen (secondary N) is 1. The van der Waals surface area contributed by atoms with E-state index in [2.05, 4.69) is 10.3 Å². The number of carbonyl (C=O) groups is 2. The molecule has 0 spiro atoms. The van der Waals surface area contributed by atoms with Crippen molar-refractivity contribution in [2.45, 2.75) is 52.1 Å². The van der Waals surface area contributed by atoms with Crippen LogP contribution in [0, 0.1) is 12.7 Å². The lowest BCUT2D eigenvalue weighted by Crippen LogP contribution is -2.41. The fraction of sp³-hybridized carbons (Fsp3) is 0.435. The Morgan fingerprint density at radius 1 is 1.24 bits per heavy atom. The SMILES string of the molecule is Cc1cn2cc(NC(=O)c3cc(Cl)c(C4CCN(C(=O)OC(C)(C)C)CC4)s3)cc(F)c2n1. The molecule has 3 aromatic heterocycles. The van der Waals surface area contributed by atoms with Gasteiger partial charge in [-0.3, -0.25) is 4.79 Å². The van der Waals surface area contributed by atoms with Crippen molar-refractivity contribution in [1.29, 1.82) is 0 Å². The summed E-state index contributed by atoms with van der Waals surface area (Å²) in [6.07, 6.45) is 4.48. The third kappa shape index (κ3) is 5.30. The van der Waals surface area contributed by atoms with Crippen LogP contribution in [-0.2, 0) is 4.74 Å². The topological polar surface area (TPSA) is 75.9 Å². The number of piperidine rings is 1. The minimum absolute atomic E-state index is 0.158. The van der Waals surface area contributed by atoms with Crippen molar-refractivity contribution >= 4 is 46.3 Å². The van der Waals surface area contributed by atoms with Gasteiger partial charge < -0.3 is 19.4 Å². The largest absolute Gasteiger partial charge is 0.444 e. The molecule has 4 heterocycles. The second-order valence-corrected chi connectivity index (χ2v) is 10.7. The highest BCUT2D eigenvalue weighted by Gasteiger charge is 2.30. The molecule has 1 aliphatic rings. The van der Waals surface area contributed by atoms with Crippen molar-refractivity contribution in [3.63, 3.8) is 0 Å². The molecule has 0 saturated carbocycles. The Morgan fingerprint density at radius 3 is 2.61 bits per heavy atom. The number of aromatic nitrogens is 2. The second kappa shape index (κ2) is 8.95. The molecule has 4 rings (SSSR count). The first kappa shape index (κ1) is 23.5. The molecule has 176 valence electrons. The third-order valence-electron chi connectivity index (χ3n) is 5.34. The van der Waals surface area contributed by atoms with Gasteiger partial charge in [0.05, 0.1) is 21.3 Å². The summed E-state index contributed by atoms with van der Waals surface area (Å²) in [7, 11) is 0. The number of halogens is 2. The molecule has 10 heteroatoms. The first-order valence-corrected chi connectivity index (χ1v) is 11.9. The van der Waals surface area contributed by atoms with Crippen LogP contribution in [0.3, 0.4) is 0 Å². The van der Waals surface area contributed by atoms with Gasteiger partial charge in [0.2, 0.25) is 0 Å². The number of rotatable bonds is 3. The van der Waals surface area contributed by atoms with Gasteiger partial charge in [-0.15, -0.1) is 11.3 Å². The lowest BCUT2D eigenvalue weighted by atomic mass is 9.95. The molecule has 1 N–H and O–H groups in total. The molecule has 0 atom stereocenters. The summed E-state index contributed by atoms with van der Waals surface area (Å²) < 4.78 is 21.3. The number of likely N-dealkylation sites (tertiary alicyclic amines) is 1. The van der Waals surface area contributed by atoms with E-state index in [1.807, 2.05) is 20.8 Å². The van der Waals surface area contributed by atoms with Gasteiger partial charge in [0.15, 0.2) is 11.5 Å². The Kier molecular flexibility index (Phi) is 6.37. The zero-order valence-corrected chi connectivity index (χ0v) is 20.5. The highest BCUT2D eigenvalue weighted by Crippen LogP contribution is 2.39. The Hall–Kier alpha value is -2.65. The summed E-state index contributed by atoms with van der Waals surface area (Å²) >= 11 is 7.80. The minimum Gasteiger partial charge on any atom is -0.444 e. The maximum absolute atomic E-state index is 14.3.